The molecule has 2 N–H and O–H groups in total. The van der Waals surface area contributed by atoms with Gasteiger partial charge in [-0.3, -0.25) is 4.79 Å². The molecular formula is C12H16N2O2. The maximum atomic E-state index is 12.1. The summed E-state index contributed by atoms with van der Waals surface area (Å²) in [5.74, 6) is 0.124. The number of nitrogens with one attached hydrogen (secondary N) is 1. The van der Waals surface area contributed by atoms with Crippen molar-refractivity contribution in [1.82, 2.24) is 10.2 Å². The van der Waals surface area contributed by atoms with Crippen LogP contribution in [0.15, 0.2) is 24.3 Å². The summed E-state index contributed by atoms with van der Waals surface area (Å²) >= 11 is 0. The van der Waals surface area contributed by atoms with E-state index in [0.717, 1.165) is 13.1 Å². The van der Waals surface area contributed by atoms with Crippen LogP contribution in [0.5, 0.6) is 5.75 Å². The van der Waals surface area contributed by atoms with Crippen molar-refractivity contribution >= 4 is 5.91 Å². The van der Waals surface area contributed by atoms with Crippen molar-refractivity contribution < 1.29 is 9.90 Å². The fourth-order valence-electron chi connectivity index (χ4n) is 1.87. The van der Waals surface area contributed by atoms with Gasteiger partial charge in [0.25, 0.3) is 5.91 Å². The third-order valence-corrected chi connectivity index (χ3v) is 2.90. The van der Waals surface area contributed by atoms with Crippen molar-refractivity contribution in [2.45, 2.75) is 13.0 Å². The van der Waals surface area contributed by atoms with Crippen LogP contribution in [0.25, 0.3) is 0 Å². The lowest BCUT2D eigenvalue weighted by Crippen LogP contribution is -2.58. The monoisotopic (exact) mass is 220 g/mol. The van der Waals surface area contributed by atoms with Gasteiger partial charge < -0.3 is 15.3 Å². The topological polar surface area (TPSA) is 52.6 Å². The second-order valence-corrected chi connectivity index (χ2v) is 3.95. The number of likely N-dealkylation sites (N-methyl/N-ethyl adjacent to an activating group) is 1. The highest BCUT2D eigenvalue weighted by Crippen LogP contribution is 2.15. The van der Waals surface area contributed by atoms with Crippen LogP contribution in [0.1, 0.15) is 17.3 Å². The molecule has 1 amide bonds. The second-order valence-electron chi connectivity index (χ2n) is 3.95. The van der Waals surface area contributed by atoms with E-state index in [2.05, 4.69) is 5.32 Å². The Bertz CT molecular complexity index is 388. The zero-order valence-corrected chi connectivity index (χ0v) is 9.31. The van der Waals surface area contributed by atoms with E-state index in [1.54, 1.807) is 18.2 Å². The second kappa shape index (κ2) is 4.53. The van der Waals surface area contributed by atoms with Gasteiger partial charge in [0, 0.05) is 25.2 Å². The highest BCUT2D eigenvalue weighted by atomic mass is 16.3. The Morgan fingerprint density at radius 2 is 2.31 bits per heavy atom. The Kier molecular flexibility index (Phi) is 3.10. The average molecular weight is 220 g/mol. The Morgan fingerprint density at radius 1 is 1.56 bits per heavy atom. The number of aromatic hydroxyl groups is 1. The summed E-state index contributed by atoms with van der Waals surface area (Å²) in [4.78, 5) is 14.0. The SMILES string of the molecule is CCN(C(=O)c1cccc(O)c1)C1CNC1. The predicted molar refractivity (Wildman–Crippen MR) is 61.5 cm³/mol. The van der Waals surface area contributed by atoms with Gasteiger partial charge in [-0.15, -0.1) is 0 Å². The van der Waals surface area contributed by atoms with Crippen molar-refractivity contribution in [2.75, 3.05) is 19.6 Å². The summed E-state index contributed by atoms with van der Waals surface area (Å²) < 4.78 is 0. The zero-order chi connectivity index (χ0) is 11.5. The number of phenols is 1. The molecule has 4 nitrogen and oxygen atoms in total. The van der Waals surface area contributed by atoms with Gasteiger partial charge in [-0.2, -0.15) is 0 Å². The molecule has 1 heterocycles. The van der Waals surface area contributed by atoms with Crippen LogP contribution in [0, 0.1) is 0 Å². The summed E-state index contributed by atoms with van der Waals surface area (Å²) in [6, 6.07) is 6.79. The van der Waals surface area contributed by atoms with E-state index in [4.69, 9.17) is 0 Å². The van der Waals surface area contributed by atoms with Crippen molar-refractivity contribution in [3.63, 3.8) is 0 Å². The van der Waals surface area contributed by atoms with E-state index < -0.39 is 0 Å². The number of benzene rings is 1. The molecule has 0 aliphatic carbocycles. The highest BCUT2D eigenvalue weighted by molar-refractivity contribution is 5.94. The standard InChI is InChI=1S/C12H16N2O2/c1-2-14(10-7-13-8-10)12(16)9-4-3-5-11(15)6-9/h3-6,10,13,15H,2,7-8H2,1H3. The maximum absolute atomic E-state index is 12.1. The van der Waals surface area contributed by atoms with E-state index >= 15 is 0 Å². The van der Waals surface area contributed by atoms with Crippen LogP contribution in [0.3, 0.4) is 0 Å². The quantitative estimate of drug-likeness (QED) is 0.793. The van der Waals surface area contributed by atoms with Crippen LogP contribution >= 0.6 is 0 Å². The minimum atomic E-state index is -0.00935. The van der Waals surface area contributed by atoms with E-state index in [0.29, 0.717) is 18.2 Å². The number of carbonyl (C=O) groups is 1. The molecule has 1 saturated heterocycles. The molecule has 0 aromatic heterocycles. The number of hydrogen-bond donors (Lipinski definition) is 2. The first-order chi connectivity index (χ1) is 7.72. The molecule has 0 atom stereocenters. The van der Waals surface area contributed by atoms with Crippen molar-refractivity contribution in [2.24, 2.45) is 0 Å². The number of rotatable bonds is 3. The number of carbonyl (C=O) groups excluding carboxylic acids is 1. The first kappa shape index (κ1) is 11.0. The van der Waals surface area contributed by atoms with E-state index in [1.807, 2.05) is 11.8 Å². The smallest absolute Gasteiger partial charge is 0.254 e. The molecule has 1 fully saturated rings. The number of amides is 1. The minimum Gasteiger partial charge on any atom is -0.508 e. The third kappa shape index (κ3) is 2.02. The molecule has 2 rings (SSSR count). The molecule has 0 unspecified atom stereocenters. The first-order valence-corrected chi connectivity index (χ1v) is 5.53. The van der Waals surface area contributed by atoms with E-state index in [9.17, 15) is 9.90 Å². The van der Waals surface area contributed by atoms with Crippen LogP contribution in [-0.4, -0.2) is 41.6 Å². The summed E-state index contributed by atoms with van der Waals surface area (Å²) in [5, 5.41) is 12.5. The van der Waals surface area contributed by atoms with Crippen LogP contribution in [0.4, 0.5) is 0 Å². The van der Waals surface area contributed by atoms with Gasteiger partial charge in [-0.25, -0.2) is 0 Å². The Morgan fingerprint density at radius 3 is 2.81 bits per heavy atom. The van der Waals surface area contributed by atoms with Gasteiger partial charge in [-0.05, 0) is 25.1 Å². The molecule has 4 heteroatoms. The fraction of sp³-hybridized carbons (Fsp3) is 0.417. The molecule has 1 aliphatic heterocycles. The minimum absolute atomic E-state index is 0.00935. The normalized spacial score (nSPS) is 15.6. The molecule has 0 spiro atoms. The van der Waals surface area contributed by atoms with E-state index in [-0.39, 0.29) is 11.7 Å². The Hall–Kier alpha value is -1.55. The lowest BCUT2D eigenvalue weighted by atomic mass is 10.1. The highest BCUT2D eigenvalue weighted by Gasteiger charge is 2.27. The molecule has 1 aliphatic rings. The molecule has 0 bridgehead atoms. The first-order valence-electron chi connectivity index (χ1n) is 5.53. The van der Waals surface area contributed by atoms with Crippen molar-refractivity contribution in [3.05, 3.63) is 29.8 Å². The fourth-order valence-corrected chi connectivity index (χ4v) is 1.87. The maximum Gasteiger partial charge on any atom is 0.254 e. The van der Waals surface area contributed by atoms with Crippen LogP contribution < -0.4 is 5.32 Å². The Labute approximate surface area is 94.9 Å². The summed E-state index contributed by atoms with van der Waals surface area (Å²) in [7, 11) is 0. The summed E-state index contributed by atoms with van der Waals surface area (Å²) in [5.41, 5.74) is 0.550. The lowest BCUT2D eigenvalue weighted by molar-refractivity contribution is 0.0630. The van der Waals surface area contributed by atoms with Gasteiger partial charge in [0.1, 0.15) is 5.75 Å². The van der Waals surface area contributed by atoms with Crippen LogP contribution in [0.2, 0.25) is 0 Å². The van der Waals surface area contributed by atoms with Gasteiger partial charge in [0.2, 0.25) is 0 Å². The summed E-state index contributed by atoms with van der Waals surface area (Å²) in [6.07, 6.45) is 0. The van der Waals surface area contributed by atoms with Gasteiger partial charge in [0.15, 0.2) is 0 Å². The van der Waals surface area contributed by atoms with Gasteiger partial charge in [-0.1, -0.05) is 6.07 Å². The number of nitrogens with zero attached hydrogens (tertiary/aromatic N) is 1. The van der Waals surface area contributed by atoms with Gasteiger partial charge in [0.05, 0.1) is 6.04 Å². The largest absolute Gasteiger partial charge is 0.508 e. The average Bonchev–Trinajstić information content (AvgIpc) is 2.22. The molecule has 1 aromatic rings. The predicted octanol–water partition coefficient (Wildman–Crippen LogP) is 0.826. The third-order valence-electron chi connectivity index (χ3n) is 2.90. The van der Waals surface area contributed by atoms with Gasteiger partial charge >= 0.3 is 0 Å². The molecular weight excluding hydrogens is 204 g/mol. The van der Waals surface area contributed by atoms with Crippen LogP contribution in [-0.2, 0) is 0 Å². The molecule has 86 valence electrons. The molecule has 0 saturated carbocycles. The zero-order valence-electron chi connectivity index (χ0n) is 9.31. The molecule has 0 radical (unpaired) electrons. The molecule has 1 aromatic carbocycles. The van der Waals surface area contributed by atoms with Crippen molar-refractivity contribution in [3.8, 4) is 5.75 Å². The summed E-state index contributed by atoms with van der Waals surface area (Å²) in [6.45, 7) is 4.39. The Balaban J connectivity index is 2.16. The lowest BCUT2D eigenvalue weighted by Gasteiger charge is -2.37. The molecule has 16 heavy (non-hydrogen) atoms. The number of phenolic OH excluding ortho intramolecular Hbond substituents is 1. The number of hydrogen-bond acceptors (Lipinski definition) is 3. The van der Waals surface area contributed by atoms with Crippen molar-refractivity contribution in [1.29, 1.82) is 0 Å². The van der Waals surface area contributed by atoms with E-state index in [1.165, 1.54) is 6.07 Å².